The monoisotopic (exact) mass is 433 g/mol. The van der Waals surface area contributed by atoms with Gasteiger partial charge in [-0.3, -0.25) is 14.9 Å². The zero-order valence-electron chi connectivity index (χ0n) is 16.4. The van der Waals surface area contributed by atoms with Crippen LogP contribution in [0.3, 0.4) is 0 Å². The molecular formula is C22H15N3O7. The molecule has 0 atom stereocenters. The average Bonchev–Trinajstić information content (AvgIpc) is 3.28. The van der Waals surface area contributed by atoms with Crippen LogP contribution >= 0.6 is 0 Å². The standard InChI is InChI=1S/C22H15N3O7/c26-21(14-4-2-1-3-5-14)24-23-12-16-10-17(25(28)29)7-9-18(16)32-22(27)15-6-8-19-20(11-15)31-13-30-19/h1-12H,13H2,(H,24,26). The number of esters is 1. The van der Waals surface area contributed by atoms with Crippen molar-refractivity contribution < 1.29 is 28.7 Å². The minimum Gasteiger partial charge on any atom is -0.454 e. The Morgan fingerprint density at radius 3 is 2.56 bits per heavy atom. The zero-order chi connectivity index (χ0) is 22.5. The lowest BCUT2D eigenvalue weighted by molar-refractivity contribution is -0.384. The molecule has 0 bridgehead atoms. The van der Waals surface area contributed by atoms with Crippen LogP contribution in [0.1, 0.15) is 26.3 Å². The summed E-state index contributed by atoms with van der Waals surface area (Å²) < 4.78 is 15.9. The second-order valence-electron chi connectivity index (χ2n) is 6.50. The summed E-state index contributed by atoms with van der Waals surface area (Å²) in [5.41, 5.74) is 2.81. The van der Waals surface area contributed by atoms with Crippen LogP contribution in [0.2, 0.25) is 0 Å². The molecule has 0 aromatic heterocycles. The van der Waals surface area contributed by atoms with Gasteiger partial charge in [0, 0.05) is 23.3 Å². The third-order valence-electron chi connectivity index (χ3n) is 4.42. The number of nitrogens with one attached hydrogen (secondary N) is 1. The summed E-state index contributed by atoms with van der Waals surface area (Å²) >= 11 is 0. The third-order valence-corrected chi connectivity index (χ3v) is 4.42. The van der Waals surface area contributed by atoms with Crippen molar-refractivity contribution in [3.63, 3.8) is 0 Å². The number of fused-ring (bicyclic) bond motifs is 1. The molecule has 0 fully saturated rings. The summed E-state index contributed by atoms with van der Waals surface area (Å²) in [6, 6.07) is 16.6. The highest BCUT2D eigenvalue weighted by Gasteiger charge is 2.19. The number of hydrazone groups is 1. The number of carbonyl (C=O) groups excluding carboxylic acids is 2. The van der Waals surface area contributed by atoms with Crippen molar-refractivity contribution in [3.05, 3.63) is 93.5 Å². The van der Waals surface area contributed by atoms with Crippen molar-refractivity contribution in [2.75, 3.05) is 6.79 Å². The second kappa shape index (κ2) is 8.96. The van der Waals surface area contributed by atoms with Gasteiger partial charge in [0.25, 0.3) is 11.6 Å². The number of non-ortho nitro benzene ring substituents is 1. The van der Waals surface area contributed by atoms with Crippen molar-refractivity contribution in [1.29, 1.82) is 0 Å². The predicted octanol–water partition coefficient (Wildman–Crippen LogP) is 3.31. The number of hydrogen-bond acceptors (Lipinski definition) is 8. The molecule has 10 nitrogen and oxygen atoms in total. The van der Waals surface area contributed by atoms with Crippen LogP contribution in [0.4, 0.5) is 5.69 Å². The molecule has 0 aliphatic carbocycles. The van der Waals surface area contributed by atoms with E-state index in [2.05, 4.69) is 10.5 Å². The van der Waals surface area contributed by atoms with E-state index in [4.69, 9.17) is 14.2 Å². The van der Waals surface area contributed by atoms with Gasteiger partial charge in [-0.25, -0.2) is 10.2 Å². The molecule has 0 saturated carbocycles. The lowest BCUT2D eigenvalue weighted by atomic mass is 10.2. The molecule has 3 aromatic rings. The molecule has 1 aliphatic heterocycles. The minimum atomic E-state index is -0.708. The number of rotatable bonds is 6. The number of ether oxygens (including phenoxy) is 3. The zero-order valence-corrected chi connectivity index (χ0v) is 16.4. The van der Waals surface area contributed by atoms with Gasteiger partial charge in [-0.15, -0.1) is 0 Å². The average molecular weight is 433 g/mol. The fraction of sp³-hybridized carbons (Fsp3) is 0.0455. The number of benzene rings is 3. The molecule has 1 aliphatic rings. The van der Waals surface area contributed by atoms with Gasteiger partial charge in [0.2, 0.25) is 6.79 Å². The first-order valence-electron chi connectivity index (χ1n) is 9.30. The van der Waals surface area contributed by atoms with Crippen LogP contribution < -0.4 is 19.6 Å². The van der Waals surface area contributed by atoms with E-state index in [9.17, 15) is 19.7 Å². The van der Waals surface area contributed by atoms with E-state index in [1.54, 1.807) is 36.4 Å². The lowest BCUT2D eigenvalue weighted by Crippen LogP contribution is -2.17. The number of hydrogen-bond donors (Lipinski definition) is 1. The van der Waals surface area contributed by atoms with E-state index in [1.807, 2.05) is 0 Å². The molecule has 10 heteroatoms. The quantitative estimate of drug-likeness (QED) is 0.208. The van der Waals surface area contributed by atoms with E-state index in [0.29, 0.717) is 17.1 Å². The van der Waals surface area contributed by atoms with E-state index in [1.165, 1.54) is 30.3 Å². The van der Waals surface area contributed by atoms with Crippen molar-refractivity contribution in [3.8, 4) is 17.2 Å². The Kier molecular flexibility index (Phi) is 5.75. The summed E-state index contributed by atoms with van der Waals surface area (Å²) in [4.78, 5) is 35.2. The topological polar surface area (TPSA) is 129 Å². The van der Waals surface area contributed by atoms with Crippen LogP contribution in [0, 0.1) is 10.1 Å². The Morgan fingerprint density at radius 1 is 1.00 bits per heavy atom. The van der Waals surface area contributed by atoms with E-state index >= 15 is 0 Å². The Bertz CT molecular complexity index is 1230. The maximum Gasteiger partial charge on any atom is 0.343 e. The Hall–Kier alpha value is -4.73. The Labute approximate surface area is 181 Å². The highest BCUT2D eigenvalue weighted by molar-refractivity contribution is 5.96. The van der Waals surface area contributed by atoms with Gasteiger partial charge in [-0.2, -0.15) is 5.10 Å². The maximum atomic E-state index is 12.6. The van der Waals surface area contributed by atoms with Crippen molar-refractivity contribution >= 4 is 23.8 Å². The maximum absolute atomic E-state index is 12.6. The molecule has 0 unspecified atom stereocenters. The van der Waals surface area contributed by atoms with Gasteiger partial charge in [0.05, 0.1) is 16.7 Å². The van der Waals surface area contributed by atoms with Gasteiger partial charge >= 0.3 is 5.97 Å². The van der Waals surface area contributed by atoms with Crippen LogP contribution in [0.25, 0.3) is 0 Å². The SMILES string of the molecule is O=C(NN=Cc1cc([N+](=O)[O-])ccc1OC(=O)c1ccc2c(c1)OCO2)c1ccccc1. The summed E-state index contributed by atoms with van der Waals surface area (Å²) in [5.74, 6) is -0.227. The molecule has 0 spiro atoms. The van der Waals surface area contributed by atoms with Crippen LogP contribution in [-0.4, -0.2) is 29.8 Å². The Balaban J connectivity index is 1.54. The van der Waals surface area contributed by atoms with Crippen molar-refractivity contribution in [1.82, 2.24) is 5.43 Å². The molecule has 3 aromatic carbocycles. The number of nitro groups is 1. The lowest BCUT2D eigenvalue weighted by Gasteiger charge is -2.08. The first-order chi connectivity index (χ1) is 15.5. The van der Waals surface area contributed by atoms with Gasteiger partial charge in [0.15, 0.2) is 11.5 Å². The van der Waals surface area contributed by atoms with E-state index < -0.39 is 16.8 Å². The number of nitro benzene ring substituents is 1. The summed E-state index contributed by atoms with van der Waals surface area (Å²) in [5, 5.41) is 15.0. The summed E-state index contributed by atoms with van der Waals surface area (Å²) in [7, 11) is 0. The van der Waals surface area contributed by atoms with E-state index in [-0.39, 0.29) is 29.4 Å². The third kappa shape index (κ3) is 4.54. The fourth-order valence-corrected chi connectivity index (χ4v) is 2.84. The highest BCUT2D eigenvalue weighted by Crippen LogP contribution is 2.33. The van der Waals surface area contributed by atoms with E-state index in [0.717, 1.165) is 6.21 Å². The minimum absolute atomic E-state index is 0.0241. The molecule has 4 rings (SSSR count). The van der Waals surface area contributed by atoms with Gasteiger partial charge in [0.1, 0.15) is 5.75 Å². The molecule has 0 radical (unpaired) electrons. The number of amides is 1. The van der Waals surface area contributed by atoms with Gasteiger partial charge < -0.3 is 14.2 Å². The Morgan fingerprint density at radius 2 is 1.78 bits per heavy atom. The first kappa shape index (κ1) is 20.5. The molecule has 1 heterocycles. The number of nitrogens with zero attached hydrogens (tertiary/aromatic N) is 2. The molecular weight excluding hydrogens is 418 g/mol. The highest BCUT2D eigenvalue weighted by atomic mass is 16.7. The normalized spacial score (nSPS) is 11.9. The smallest absolute Gasteiger partial charge is 0.343 e. The predicted molar refractivity (Wildman–Crippen MR) is 112 cm³/mol. The van der Waals surface area contributed by atoms with Crippen LogP contribution in [0.5, 0.6) is 17.2 Å². The first-order valence-corrected chi connectivity index (χ1v) is 9.30. The second-order valence-corrected chi connectivity index (χ2v) is 6.50. The van der Waals surface area contributed by atoms with Gasteiger partial charge in [-0.05, 0) is 36.4 Å². The fourth-order valence-electron chi connectivity index (χ4n) is 2.84. The summed E-state index contributed by atoms with van der Waals surface area (Å²) in [6.45, 7) is 0.0610. The molecule has 1 N–H and O–H groups in total. The van der Waals surface area contributed by atoms with Crippen molar-refractivity contribution in [2.45, 2.75) is 0 Å². The largest absolute Gasteiger partial charge is 0.454 e. The van der Waals surface area contributed by atoms with Crippen LogP contribution in [-0.2, 0) is 0 Å². The van der Waals surface area contributed by atoms with Crippen LogP contribution in [0.15, 0.2) is 71.8 Å². The molecule has 160 valence electrons. The van der Waals surface area contributed by atoms with Crippen molar-refractivity contribution in [2.24, 2.45) is 5.10 Å². The number of carbonyl (C=O) groups is 2. The molecule has 1 amide bonds. The van der Waals surface area contributed by atoms with Gasteiger partial charge in [-0.1, -0.05) is 18.2 Å². The molecule has 0 saturated heterocycles. The summed E-state index contributed by atoms with van der Waals surface area (Å²) in [6.07, 6.45) is 1.16. The molecule has 32 heavy (non-hydrogen) atoms.